The molecular weight excluding hydrogens is 496 g/mol. The smallest absolute Gasteiger partial charge is 0.338 e. The highest BCUT2D eigenvalue weighted by atomic mass is 32.2. The molecule has 2 N–H and O–H groups in total. The van der Waals surface area contributed by atoms with Crippen molar-refractivity contribution in [1.82, 2.24) is 0 Å². The van der Waals surface area contributed by atoms with E-state index in [0.717, 1.165) is 29.0 Å². The van der Waals surface area contributed by atoms with Crippen LogP contribution in [0.15, 0.2) is 83.8 Å². The van der Waals surface area contributed by atoms with Crippen LogP contribution in [0.3, 0.4) is 0 Å². The molecule has 7 heteroatoms. The first-order valence-electron chi connectivity index (χ1n) is 12.8. The molecule has 0 aliphatic heterocycles. The van der Waals surface area contributed by atoms with Crippen LogP contribution < -0.4 is 10.6 Å². The number of amides is 2. The number of unbranched alkanes of at least 4 members (excludes halogenated alkanes) is 1. The fraction of sp³-hybridized carbons (Fsp3) is 0.323. The molecule has 1 atom stereocenters. The number of carbonyl (C=O) groups excluding carboxylic acids is 3. The van der Waals surface area contributed by atoms with Gasteiger partial charge in [0.25, 0.3) is 0 Å². The molecule has 0 heterocycles. The molecule has 3 aromatic rings. The van der Waals surface area contributed by atoms with Crippen LogP contribution in [0.2, 0.25) is 0 Å². The Kier molecular flexibility index (Phi) is 10.5. The first-order chi connectivity index (χ1) is 18.1. The lowest BCUT2D eigenvalue weighted by Crippen LogP contribution is -2.19. The Morgan fingerprint density at radius 1 is 0.842 bits per heavy atom. The Bertz CT molecular complexity index is 1200. The van der Waals surface area contributed by atoms with E-state index in [1.54, 1.807) is 24.3 Å². The van der Waals surface area contributed by atoms with Crippen LogP contribution in [-0.4, -0.2) is 24.4 Å². The van der Waals surface area contributed by atoms with Gasteiger partial charge in [0.2, 0.25) is 11.8 Å². The molecule has 3 rings (SSSR count). The highest BCUT2D eigenvalue weighted by Gasteiger charge is 2.23. The number of thioether (sulfide) groups is 1. The normalized spacial score (nSPS) is 11.9. The molecule has 0 saturated carbocycles. The minimum absolute atomic E-state index is 0.0281. The standard InChI is InChI=1S/C31H36N2O4S/c1-5-6-20-37-30(36)23-12-14-25(15-13-23)33-29(35)28(22-10-8-7-9-11-22)38-26-18-16-24(17-19-26)32-27(34)21-31(2,3)4/h7-19,28H,5-6,20-21H2,1-4H3,(H,32,34)(H,33,35). The monoisotopic (exact) mass is 532 g/mol. The minimum atomic E-state index is -0.504. The second-order valence-corrected chi connectivity index (χ2v) is 11.5. The number of rotatable bonds is 11. The van der Waals surface area contributed by atoms with E-state index < -0.39 is 5.25 Å². The highest BCUT2D eigenvalue weighted by molar-refractivity contribution is 8.00. The molecule has 0 aliphatic rings. The summed E-state index contributed by atoms with van der Waals surface area (Å²) in [5.41, 5.74) is 2.54. The Morgan fingerprint density at radius 2 is 1.45 bits per heavy atom. The Labute approximate surface area is 229 Å². The average Bonchev–Trinajstić information content (AvgIpc) is 2.88. The van der Waals surface area contributed by atoms with E-state index >= 15 is 0 Å². The van der Waals surface area contributed by atoms with Crippen molar-refractivity contribution >= 4 is 40.9 Å². The molecule has 0 spiro atoms. The van der Waals surface area contributed by atoms with Gasteiger partial charge in [0.1, 0.15) is 5.25 Å². The van der Waals surface area contributed by atoms with Crippen molar-refractivity contribution in [3.05, 3.63) is 90.0 Å². The summed E-state index contributed by atoms with van der Waals surface area (Å²) in [6, 6.07) is 23.8. The molecule has 38 heavy (non-hydrogen) atoms. The summed E-state index contributed by atoms with van der Waals surface area (Å²) >= 11 is 1.43. The fourth-order valence-electron chi connectivity index (χ4n) is 3.63. The van der Waals surface area contributed by atoms with E-state index in [-0.39, 0.29) is 23.2 Å². The fourth-order valence-corrected chi connectivity index (χ4v) is 4.66. The van der Waals surface area contributed by atoms with E-state index in [9.17, 15) is 14.4 Å². The predicted molar refractivity (Wildman–Crippen MR) is 154 cm³/mol. The zero-order chi connectivity index (χ0) is 27.5. The lowest BCUT2D eigenvalue weighted by molar-refractivity contribution is -0.118. The summed E-state index contributed by atoms with van der Waals surface area (Å²) in [4.78, 5) is 38.7. The molecule has 6 nitrogen and oxygen atoms in total. The molecule has 0 radical (unpaired) electrons. The molecule has 0 aromatic heterocycles. The highest BCUT2D eigenvalue weighted by Crippen LogP contribution is 2.37. The van der Waals surface area contributed by atoms with Gasteiger partial charge in [0.05, 0.1) is 12.2 Å². The van der Waals surface area contributed by atoms with Crippen molar-refractivity contribution in [2.75, 3.05) is 17.2 Å². The van der Waals surface area contributed by atoms with Crippen molar-refractivity contribution in [2.45, 2.75) is 57.1 Å². The lowest BCUT2D eigenvalue weighted by atomic mass is 9.92. The molecule has 200 valence electrons. The molecular formula is C31H36N2O4S. The lowest BCUT2D eigenvalue weighted by Gasteiger charge is -2.18. The summed E-state index contributed by atoms with van der Waals surface area (Å²) < 4.78 is 5.25. The molecule has 0 fully saturated rings. The van der Waals surface area contributed by atoms with Crippen LogP contribution in [0.1, 0.15) is 68.1 Å². The summed E-state index contributed by atoms with van der Waals surface area (Å²) in [5, 5.41) is 5.40. The van der Waals surface area contributed by atoms with Crippen LogP contribution in [0.25, 0.3) is 0 Å². The van der Waals surface area contributed by atoms with Gasteiger partial charge in [0.15, 0.2) is 0 Å². The summed E-state index contributed by atoms with van der Waals surface area (Å²) in [5.74, 6) is -0.575. The second-order valence-electron chi connectivity index (χ2n) is 10.3. The van der Waals surface area contributed by atoms with Crippen LogP contribution >= 0.6 is 11.8 Å². The number of carbonyl (C=O) groups is 3. The van der Waals surface area contributed by atoms with E-state index in [0.29, 0.717) is 24.3 Å². The summed E-state index contributed by atoms with van der Waals surface area (Å²) in [6.45, 7) is 8.51. The van der Waals surface area contributed by atoms with Crippen molar-refractivity contribution in [1.29, 1.82) is 0 Å². The molecule has 1 unspecified atom stereocenters. The van der Waals surface area contributed by atoms with Gasteiger partial charge in [-0.05, 0) is 65.9 Å². The first kappa shape index (κ1) is 29.0. The number of hydrogen-bond acceptors (Lipinski definition) is 5. The maximum Gasteiger partial charge on any atom is 0.338 e. The van der Waals surface area contributed by atoms with Crippen LogP contribution in [0, 0.1) is 5.41 Å². The maximum atomic E-state index is 13.4. The van der Waals surface area contributed by atoms with Gasteiger partial charge in [-0.2, -0.15) is 0 Å². The molecule has 0 bridgehead atoms. The number of nitrogens with one attached hydrogen (secondary N) is 2. The van der Waals surface area contributed by atoms with Crippen molar-refractivity contribution < 1.29 is 19.1 Å². The third-order valence-corrected chi connectivity index (χ3v) is 6.81. The predicted octanol–water partition coefficient (Wildman–Crippen LogP) is 7.49. The Hall–Kier alpha value is -3.58. The number of benzene rings is 3. The quantitative estimate of drug-likeness (QED) is 0.152. The van der Waals surface area contributed by atoms with Gasteiger partial charge in [-0.1, -0.05) is 64.4 Å². The molecule has 0 saturated heterocycles. The van der Waals surface area contributed by atoms with Gasteiger partial charge in [-0.25, -0.2) is 4.79 Å². The van der Waals surface area contributed by atoms with Gasteiger partial charge in [-0.3, -0.25) is 9.59 Å². The maximum absolute atomic E-state index is 13.4. The largest absolute Gasteiger partial charge is 0.462 e. The SMILES string of the molecule is CCCCOC(=O)c1ccc(NC(=O)C(Sc2ccc(NC(=O)CC(C)(C)C)cc2)c2ccccc2)cc1. The summed E-state index contributed by atoms with van der Waals surface area (Å²) in [7, 11) is 0. The Balaban J connectivity index is 1.68. The van der Waals surface area contributed by atoms with Crippen LogP contribution in [0.5, 0.6) is 0 Å². The van der Waals surface area contributed by atoms with E-state index in [2.05, 4.69) is 10.6 Å². The van der Waals surface area contributed by atoms with Crippen LogP contribution in [0.4, 0.5) is 11.4 Å². The zero-order valence-electron chi connectivity index (χ0n) is 22.5. The van der Waals surface area contributed by atoms with Gasteiger partial charge >= 0.3 is 5.97 Å². The van der Waals surface area contributed by atoms with Crippen molar-refractivity contribution in [3.8, 4) is 0 Å². The number of ether oxygens (including phenoxy) is 1. The van der Waals surface area contributed by atoms with E-state index in [4.69, 9.17) is 4.74 Å². The number of esters is 1. The minimum Gasteiger partial charge on any atom is -0.462 e. The van der Waals surface area contributed by atoms with Crippen molar-refractivity contribution in [2.24, 2.45) is 5.41 Å². The third-order valence-electron chi connectivity index (χ3n) is 5.54. The van der Waals surface area contributed by atoms with E-state index in [1.165, 1.54) is 11.8 Å². The zero-order valence-corrected chi connectivity index (χ0v) is 23.3. The topological polar surface area (TPSA) is 84.5 Å². The van der Waals surface area contributed by atoms with E-state index in [1.807, 2.05) is 82.3 Å². The summed E-state index contributed by atoms with van der Waals surface area (Å²) in [6.07, 6.45) is 2.21. The molecule has 2 amide bonds. The van der Waals surface area contributed by atoms with Gasteiger partial charge in [-0.15, -0.1) is 11.8 Å². The molecule has 3 aromatic carbocycles. The number of hydrogen-bond donors (Lipinski definition) is 2. The van der Waals surface area contributed by atoms with Crippen LogP contribution in [-0.2, 0) is 14.3 Å². The number of anilines is 2. The van der Waals surface area contributed by atoms with Gasteiger partial charge in [0, 0.05) is 22.7 Å². The van der Waals surface area contributed by atoms with Gasteiger partial charge < -0.3 is 15.4 Å². The average molecular weight is 533 g/mol. The van der Waals surface area contributed by atoms with Crippen molar-refractivity contribution in [3.63, 3.8) is 0 Å². The first-order valence-corrected chi connectivity index (χ1v) is 13.7. The second kappa shape index (κ2) is 13.8. The molecule has 0 aliphatic carbocycles. The Morgan fingerprint density at radius 3 is 2.05 bits per heavy atom. The third kappa shape index (κ3) is 9.38.